The van der Waals surface area contributed by atoms with Gasteiger partial charge in [0.25, 0.3) is 0 Å². The van der Waals surface area contributed by atoms with E-state index in [1.165, 1.54) is 6.42 Å². The summed E-state index contributed by atoms with van der Waals surface area (Å²) in [5.41, 5.74) is 0. The quantitative estimate of drug-likeness (QED) is 0.543. The first kappa shape index (κ1) is 22.4. The van der Waals surface area contributed by atoms with E-state index >= 15 is 0 Å². The number of hydrogen-bond acceptors (Lipinski definition) is 3. The zero-order chi connectivity index (χ0) is 19.4. The lowest BCUT2D eigenvalue weighted by Gasteiger charge is -2.29. The van der Waals surface area contributed by atoms with E-state index in [9.17, 15) is 13.2 Å². The zero-order valence-corrected chi connectivity index (χ0v) is 16.5. The van der Waals surface area contributed by atoms with E-state index < -0.39 is 16.0 Å². The van der Waals surface area contributed by atoms with Crippen LogP contribution in [0.25, 0.3) is 0 Å². The molecule has 2 atom stereocenters. The lowest BCUT2D eigenvalue weighted by molar-refractivity contribution is -0.137. The van der Waals surface area contributed by atoms with E-state index in [-0.39, 0.29) is 12.5 Å². The topological polar surface area (TPSA) is 83.5 Å². The van der Waals surface area contributed by atoms with E-state index in [4.69, 9.17) is 5.11 Å². The summed E-state index contributed by atoms with van der Waals surface area (Å²) in [5.74, 6) is -0.276. The highest BCUT2D eigenvalue weighted by Gasteiger charge is 2.26. The second-order valence-electron chi connectivity index (χ2n) is 6.66. The van der Waals surface area contributed by atoms with Crippen LogP contribution in [0.5, 0.6) is 0 Å². The van der Waals surface area contributed by atoms with Crippen LogP contribution in [-0.2, 0) is 14.8 Å². The molecule has 0 saturated heterocycles. The van der Waals surface area contributed by atoms with Crippen molar-refractivity contribution in [2.75, 3.05) is 0 Å². The molecule has 1 aliphatic carbocycles. The third-order valence-corrected chi connectivity index (χ3v) is 5.97. The van der Waals surface area contributed by atoms with Crippen molar-refractivity contribution < 1.29 is 18.3 Å². The fourth-order valence-electron chi connectivity index (χ4n) is 2.90. The average molecular weight is 382 g/mol. The summed E-state index contributed by atoms with van der Waals surface area (Å²) in [4.78, 5) is 10.3. The van der Waals surface area contributed by atoms with Crippen LogP contribution in [0.2, 0.25) is 0 Å². The molecule has 0 spiro atoms. The molecule has 2 rings (SSSR count). The molecular weight excluding hydrogens is 350 g/mol. The second kappa shape index (κ2) is 11.9. The molecule has 0 radical (unpaired) electrons. The molecule has 5 nitrogen and oxygen atoms in total. The van der Waals surface area contributed by atoms with Gasteiger partial charge in [-0.2, -0.15) is 0 Å². The molecule has 26 heavy (non-hydrogen) atoms. The fourth-order valence-corrected chi connectivity index (χ4v) is 4.30. The number of nitrogens with one attached hydrogen (secondary N) is 1. The van der Waals surface area contributed by atoms with Gasteiger partial charge in [-0.1, -0.05) is 50.1 Å². The number of aliphatic carboxylic acids is 1. The summed E-state index contributed by atoms with van der Waals surface area (Å²) in [6.07, 6.45) is 10.2. The van der Waals surface area contributed by atoms with Crippen LogP contribution in [-0.4, -0.2) is 25.5 Å². The van der Waals surface area contributed by atoms with Crippen LogP contribution in [0.4, 0.5) is 0 Å². The molecule has 146 valence electrons. The number of carboxylic acids is 1. The molecule has 0 aromatic heterocycles. The average Bonchev–Trinajstić information content (AvgIpc) is 2.62. The van der Waals surface area contributed by atoms with Crippen molar-refractivity contribution in [2.24, 2.45) is 5.92 Å². The van der Waals surface area contributed by atoms with E-state index in [1.807, 2.05) is 25.1 Å². The Bertz CT molecular complexity index is 656. The van der Waals surface area contributed by atoms with E-state index in [2.05, 4.69) is 11.6 Å². The number of rotatable bonds is 7. The van der Waals surface area contributed by atoms with Gasteiger partial charge < -0.3 is 5.11 Å². The third kappa shape index (κ3) is 8.63. The number of sulfonamides is 1. The Balaban J connectivity index is 0.000000321. The van der Waals surface area contributed by atoms with Crippen molar-refractivity contribution in [3.8, 4) is 0 Å². The zero-order valence-electron chi connectivity index (χ0n) is 15.7. The number of allylic oxidation sites excluding steroid dienone is 2. The Morgan fingerprint density at radius 3 is 2.46 bits per heavy atom. The van der Waals surface area contributed by atoms with Gasteiger partial charge >= 0.3 is 5.97 Å². The van der Waals surface area contributed by atoms with Gasteiger partial charge in [0.05, 0.1) is 4.90 Å². The van der Waals surface area contributed by atoms with Crippen LogP contribution in [0.3, 0.4) is 0 Å². The van der Waals surface area contributed by atoms with Crippen LogP contribution in [0, 0.1) is 5.92 Å². The van der Waals surface area contributed by atoms with Crippen molar-refractivity contribution in [1.29, 1.82) is 0 Å². The van der Waals surface area contributed by atoms with Crippen molar-refractivity contribution >= 4 is 16.0 Å². The smallest absolute Gasteiger partial charge is 0.303 e. The lowest BCUT2D eigenvalue weighted by atomic mass is 9.87. The van der Waals surface area contributed by atoms with Crippen LogP contribution in [0.1, 0.15) is 58.8 Å². The van der Waals surface area contributed by atoms with Crippen LogP contribution < -0.4 is 4.72 Å². The maximum absolute atomic E-state index is 12.1. The van der Waals surface area contributed by atoms with Crippen molar-refractivity contribution in [2.45, 2.75) is 69.7 Å². The molecule has 1 fully saturated rings. The van der Waals surface area contributed by atoms with Gasteiger partial charge in [-0.05, 0) is 50.7 Å². The summed E-state index contributed by atoms with van der Waals surface area (Å²) in [6.45, 7) is 4.05. The number of hydrogen-bond donors (Lipinski definition) is 2. The molecule has 0 amide bonds. The first-order chi connectivity index (χ1) is 12.4. The Morgan fingerprint density at radius 1 is 1.23 bits per heavy atom. The Kier molecular flexibility index (Phi) is 10.2. The summed E-state index contributed by atoms with van der Waals surface area (Å²) in [7, 11) is -3.34. The maximum Gasteiger partial charge on any atom is 0.303 e. The van der Waals surface area contributed by atoms with Crippen molar-refractivity contribution in [3.05, 3.63) is 42.5 Å². The molecule has 1 aromatic carbocycles. The molecule has 0 bridgehead atoms. The number of benzene rings is 1. The highest BCUT2D eigenvalue weighted by Crippen LogP contribution is 2.25. The van der Waals surface area contributed by atoms with E-state index in [1.54, 1.807) is 24.3 Å². The number of unbranched alkanes of at least 4 members (excludes halogenated alkanes) is 1. The summed E-state index contributed by atoms with van der Waals surface area (Å²) < 4.78 is 27.1. The SMILES string of the molecule is C/C=C\CCCC(=O)O.C[C@@H]1CCCCC1NS(=O)(=O)c1ccccc1. The molecule has 2 N–H and O–H groups in total. The van der Waals surface area contributed by atoms with Crippen LogP contribution in [0.15, 0.2) is 47.4 Å². The molecule has 0 aliphatic heterocycles. The van der Waals surface area contributed by atoms with Gasteiger partial charge in [0.1, 0.15) is 0 Å². The summed E-state index contributed by atoms with van der Waals surface area (Å²) in [6, 6.07) is 8.68. The van der Waals surface area contributed by atoms with Gasteiger partial charge in [0.2, 0.25) is 10.0 Å². The molecule has 1 unspecified atom stereocenters. The minimum atomic E-state index is -3.34. The number of carbonyl (C=O) groups is 1. The normalized spacial score (nSPS) is 20.4. The first-order valence-corrected chi connectivity index (χ1v) is 10.8. The predicted octanol–water partition coefficient (Wildman–Crippen LogP) is 4.36. The monoisotopic (exact) mass is 381 g/mol. The highest BCUT2D eigenvalue weighted by atomic mass is 32.2. The van der Waals surface area contributed by atoms with Gasteiger partial charge in [-0.15, -0.1) is 0 Å². The Hall–Kier alpha value is -1.66. The standard InChI is InChI=1S/C13H19NO2S.C7H12O2/c1-11-7-5-6-10-13(11)14-17(15,16)12-8-3-2-4-9-12;1-2-3-4-5-6-7(8)9/h2-4,8-9,11,13-14H,5-7,10H2,1H3;2-3H,4-6H2,1H3,(H,8,9)/b;3-2-/t11-,13?;/m1./s1. The van der Waals surface area contributed by atoms with Gasteiger partial charge in [-0.3, -0.25) is 4.79 Å². The van der Waals surface area contributed by atoms with Crippen LogP contribution >= 0.6 is 0 Å². The third-order valence-electron chi connectivity index (χ3n) is 4.47. The first-order valence-electron chi connectivity index (χ1n) is 9.27. The van der Waals surface area contributed by atoms with Gasteiger partial charge in [0.15, 0.2) is 0 Å². The molecular formula is C20H31NO4S. The Labute approximate surface area is 157 Å². The molecule has 6 heteroatoms. The van der Waals surface area contributed by atoms with Gasteiger partial charge in [-0.25, -0.2) is 13.1 Å². The maximum atomic E-state index is 12.1. The Morgan fingerprint density at radius 2 is 1.88 bits per heavy atom. The predicted molar refractivity (Wildman–Crippen MR) is 104 cm³/mol. The summed E-state index contributed by atoms with van der Waals surface area (Å²) in [5, 5.41) is 8.19. The molecule has 0 heterocycles. The number of carboxylic acid groups (broad SMARTS) is 1. The minimum absolute atomic E-state index is 0.0916. The lowest BCUT2D eigenvalue weighted by Crippen LogP contribution is -2.40. The largest absolute Gasteiger partial charge is 0.481 e. The van der Waals surface area contributed by atoms with Crippen molar-refractivity contribution in [3.63, 3.8) is 0 Å². The molecule has 1 saturated carbocycles. The van der Waals surface area contributed by atoms with Gasteiger partial charge in [0, 0.05) is 12.5 Å². The summed E-state index contributed by atoms with van der Waals surface area (Å²) >= 11 is 0. The fraction of sp³-hybridized carbons (Fsp3) is 0.550. The van der Waals surface area contributed by atoms with E-state index in [0.29, 0.717) is 10.8 Å². The van der Waals surface area contributed by atoms with Crippen molar-refractivity contribution in [1.82, 2.24) is 4.72 Å². The van der Waals surface area contributed by atoms with E-state index in [0.717, 1.165) is 32.1 Å². The second-order valence-corrected chi connectivity index (χ2v) is 8.37. The molecule has 1 aromatic rings. The highest BCUT2D eigenvalue weighted by molar-refractivity contribution is 7.89. The molecule has 1 aliphatic rings. The minimum Gasteiger partial charge on any atom is -0.481 e.